The summed E-state index contributed by atoms with van der Waals surface area (Å²) in [7, 11) is 0. The molecule has 1 fully saturated rings. The van der Waals surface area contributed by atoms with Gasteiger partial charge in [-0.3, -0.25) is 14.9 Å². The van der Waals surface area contributed by atoms with Crippen molar-refractivity contribution in [2.24, 2.45) is 0 Å². The van der Waals surface area contributed by atoms with Crippen LogP contribution in [0.2, 0.25) is 0 Å². The first-order valence-electron chi connectivity index (χ1n) is 10.6. The Bertz CT molecular complexity index is 1120. The summed E-state index contributed by atoms with van der Waals surface area (Å²) in [6.07, 6.45) is 4.69. The van der Waals surface area contributed by atoms with Gasteiger partial charge in [0, 0.05) is 43.6 Å². The molecule has 1 aliphatic rings. The van der Waals surface area contributed by atoms with Crippen LogP contribution in [0.15, 0.2) is 83.5 Å². The molecule has 0 aliphatic carbocycles. The maximum Gasteiger partial charge on any atom is 0.289 e. The molecule has 0 spiro atoms. The number of piperazine rings is 1. The molecule has 0 atom stereocenters. The van der Waals surface area contributed by atoms with E-state index in [-0.39, 0.29) is 16.9 Å². The molecule has 33 heavy (non-hydrogen) atoms. The second kappa shape index (κ2) is 10.6. The van der Waals surface area contributed by atoms with E-state index in [9.17, 15) is 9.59 Å². The monoisotopic (exact) mass is 460 g/mol. The topological polar surface area (TPSA) is 77.8 Å². The highest BCUT2D eigenvalue weighted by Crippen LogP contribution is 2.20. The molecule has 0 saturated carbocycles. The second-order valence-electron chi connectivity index (χ2n) is 7.49. The summed E-state index contributed by atoms with van der Waals surface area (Å²) in [6, 6.07) is 20.8. The fraction of sp³-hybridized carbons (Fsp3) is 0.160. The Morgan fingerprint density at radius 3 is 2.30 bits per heavy atom. The van der Waals surface area contributed by atoms with Crippen LogP contribution >= 0.6 is 12.2 Å². The molecule has 7 nitrogen and oxygen atoms in total. The molecule has 8 heteroatoms. The van der Waals surface area contributed by atoms with Gasteiger partial charge in [0.25, 0.3) is 5.91 Å². The predicted molar refractivity (Wildman–Crippen MR) is 133 cm³/mol. The molecule has 0 unspecified atom stereocenters. The van der Waals surface area contributed by atoms with Crippen LogP contribution in [0.5, 0.6) is 0 Å². The van der Waals surface area contributed by atoms with Crippen LogP contribution in [0.3, 0.4) is 0 Å². The minimum atomic E-state index is -0.296. The highest BCUT2D eigenvalue weighted by molar-refractivity contribution is 7.80. The minimum Gasteiger partial charge on any atom is -0.459 e. The van der Waals surface area contributed by atoms with E-state index in [1.54, 1.807) is 23.1 Å². The number of nitrogens with zero attached hydrogens (tertiary/aromatic N) is 2. The summed E-state index contributed by atoms with van der Waals surface area (Å²) in [6.45, 7) is 2.74. The number of nitrogens with one attached hydrogen (secondary N) is 2. The summed E-state index contributed by atoms with van der Waals surface area (Å²) in [5.74, 6) is 0.000745. The van der Waals surface area contributed by atoms with Crippen LogP contribution in [0.1, 0.15) is 16.1 Å². The summed E-state index contributed by atoms with van der Waals surface area (Å²) in [5, 5.41) is 5.90. The van der Waals surface area contributed by atoms with Crippen LogP contribution in [-0.2, 0) is 4.79 Å². The lowest BCUT2D eigenvalue weighted by molar-refractivity contribution is -0.115. The number of carbonyl (C=O) groups excluding carboxylic acids is 2. The third-order valence-electron chi connectivity index (χ3n) is 5.25. The Labute approximate surface area is 197 Å². The van der Waals surface area contributed by atoms with Gasteiger partial charge < -0.3 is 19.5 Å². The number of amides is 2. The van der Waals surface area contributed by atoms with Gasteiger partial charge in [0.1, 0.15) is 0 Å². The minimum absolute atomic E-state index is 0.0756. The van der Waals surface area contributed by atoms with Crippen molar-refractivity contribution in [2.75, 3.05) is 36.4 Å². The molecular formula is C25H24N4O3S. The molecule has 4 rings (SSSR count). The number of furan rings is 1. The molecule has 1 aliphatic heterocycles. The van der Waals surface area contributed by atoms with Gasteiger partial charge in [-0.15, -0.1) is 0 Å². The third-order valence-corrected chi connectivity index (χ3v) is 5.46. The van der Waals surface area contributed by atoms with E-state index in [4.69, 9.17) is 16.6 Å². The fourth-order valence-corrected chi connectivity index (χ4v) is 3.75. The van der Waals surface area contributed by atoms with Crippen molar-refractivity contribution in [3.63, 3.8) is 0 Å². The highest BCUT2D eigenvalue weighted by Gasteiger charge is 2.23. The Hall–Kier alpha value is -3.91. The van der Waals surface area contributed by atoms with Crippen molar-refractivity contribution < 1.29 is 14.0 Å². The Balaban J connectivity index is 1.24. The zero-order chi connectivity index (χ0) is 23.0. The maximum atomic E-state index is 12.4. The zero-order valence-corrected chi connectivity index (χ0v) is 18.8. The van der Waals surface area contributed by atoms with E-state index in [1.165, 1.54) is 12.3 Å². The largest absolute Gasteiger partial charge is 0.459 e. The van der Waals surface area contributed by atoms with E-state index in [2.05, 4.69) is 15.5 Å². The van der Waals surface area contributed by atoms with Crippen molar-refractivity contribution in [1.82, 2.24) is 10.2 Å². The molecule has 2 heterocycles. The SMILES string of the molecule is O=C(C=Cc1ccccc1)NC(=S)Nc1ccc(N2CCN(C(=O)c3ccco3)CC2)cc1. The van der Waals surface area contributed by atoms with Gasteiger partial charge >= 0.3 is 0 Å². The standard InChI is InChI=1S/C25H24N4O3S/c30-23(13-8-19-5-2-1-3-6-19)27-25(33)26-20-9-11-21(12-10-20)28-14-16-29(17-15-28)24(31)22-7-4-18-32-22/h1-13,18H,14-17H2,(H2,26,27,30,33). The molecule has 1 aromatic heterocycles. The molecule has 1 saturated heterocycles. The average molecular weight is 461 g/mol. The lowest BCUT2D eigenvalue weighted by Crippen LogP contribution is -2.48. The van der Waals surface area contributed by atoms with Gasteiger partial charge in [-0.05, 0) is 60.3 Å². The molecule has 2 N–H and O–H groups in total. The molecular weight excluding hydrogens is 436 g/mol. The van der Waals surface area contributed by atoms with E-state index in [0.29, 0.717) is 18.8 Å². The van der Waals surface area contributed by atoms with Crippen LogP contribution in [0, 0.1) is 0 Å². The lowest BCUT2D eigenvalue weighted by Gasteiger charge is -2.35. The van der Waals surface area contributed by atoms with Gasteiger partial charge in [-0.1, -0.05) is 30.3 Å². The third kappa shape index (κ3) is 6.08. The first-order valence-corrected chi connectivity index (χ1v) is 11.0. The summed E-state index contributed by atoms with van der Waals surface area (Å²) >= 11 is 5.24. The van der Waals surface area contributed by atoms with Crippen LogP contribution in [0.4, 0.5) is 11.4 Å². The van der Waals surface area contributed by atoms with Crippen molar-refractivity contribution in [3.8, 4) is 0 Å². The number of anilines is 2. The summed E-state index contributed by atoms with van der Waals surface area (Å²) in [5.41, 5.74) is 2.78. The number of thiocarbonyl (C=S) groups is 1. The Morgan fingerprint density at radius 2 is 1.64 bits per heavy atom. The van der Waals surface area contributed by atoms with E-state index >= 15 is 0 Å². The molecule has 0 radical (unpaired) electrons. The van der Waals surface area contributed by atoms with Crippen LogP contribution < -0.4 is 15.5 Å². The van der Waals surface area contributed by atoms with Crippen LogP contribution in [-0.4, -0.2) is 48.0 Å². The number of benzene rings is 2. The quantitative estimate of drug-likeness (QED) is 0.446. The molecule has 0 bridgehead atoms. The van der Waals surface area contributed by atoms with Crippen molar-refractivity contribution in [1.29, 1.82) is 0 Å². The fourth-order valence-electron chi connectivity index (χ4n) is 3.53. The zero-order valence-electron chi connectivity index (χ0n) is 17.9. The first kappa shape index (κ1) is 22.3. The number of hydrogen-bond acceptors (Lipinski definition) is 5. The predicted octanol–water partition coefficient (Wildman–Crippen LogP) is 3.77. The van der Waals surface area contributed by atoms with Crippen molar-refractivity contribution in [2.45, 2.75) is 0 Å². The Kier molecular flexibility index (Phi) is 7.16. The van der Waals surface area contributed by atoms with E-state index in [1.807, 2.05) is 54.6 Å². The van der Waals surface area contributed by atoms with Gasteiger partial charge in [-0.2, -0.15) is 0 Å². The lowest BCUT2D eigenvalue weighted by atomic mass is 10.2. The average Bonchev–Trinajstić information content (AvgIpc) is 3.39. The smallest absolute Gasteiger partial charge is 0.289 e. The highest BCUT2D eigenvalue weighted by atomic mass is 32.1. The Morgan fingerprint density at radius 1 is 0.909 bits per heavy atom. The number of hydrogen-bond donors (Lipinski definition) is 2. The first-order chi connectivity index (χ1) is 16.1. The maximum absolute atomic E-state index is 12.4. The normalized spacial score (nSPS) is 13.7. The van der Waals surface area contributed by atoms with E-state index < -0.39 is 0 Å². The molecule has 3 aromatic rings. The van der Waals surface area contributed by atoms with Crippen LogP contribution in [0.25, 0.3) is 6.08 Å². The van der Waals surface area contributed by atoms with Gasteiger partial charge in [0.2, 0.25) is 5.91 Å². The van der Waals surface area contributed by atoms with E-state index in [0.717, 1.165) is 30.0 Å². The number of rotatable bonds is 5. The van der Waals surface area contributed by atoms with Crippen molar-refractivity contribution >= 4 is 46.6 Å². The van der Waals surface area contributed by atoms with Gasteiger partial charge in [0.05, 0.1) is 6.26 Å². The summed E-state index contributed by atoms with van der Waals surface area (Å²) < 4.78 is 5.21. The second-order valence-corrected chi connectivity index (χ2v) is 7.90. The molecule has 2 amide bonds. The number of carbonyl (C=O) groups is 2. The van der Waals surface area contributed by atoms with Crippen molar-refractivity contribution in [3.05, 3.63) is 90.4 Å². The molecule has 2 aromatic carbocycles. The molecule has 168 valence electrons. The summed E-state index contributed by atoms with van der Waals surface area (Å²) in [4.78, 5) is 28.5. The van der Waals surface area contributed by atoms with Gasteiger partial charge in [0.15, 0.2) is 10.9 Å². The van der Waals surface area contributed by atoms with Gasteiger partial charge in [-0.25, -0.2) is 0 Å².